The molecule has 2 N–H and O–H groups in total. The van der Waals surface area contributed by atoms with Crippen LogP contribution in [0.15, 0.2) is 42.5 Å². The summed E-state index contributed by atoms with van der Waals surface area (Å²) in [4.78, 5) is 15.7. The number of nitrogens with zero attached hydrogens (tertiary/aromatic N) is 1. The first kappa shape index (κ1) is 18.6. The molecule has 26 heavy (non-hydrogen) atoms. The molecule has 0 bridgehead atoms. The zero-order valence-corrected chi connectivity index (χ0v) is 16.2. The first-order valence-corrected chi connectivity index (χ1v) is 9.59. The molecular weight excluding hydrogens is 322 g/mol. The van der Waals surface area contributed by atoms with Crippen molar-refractivity contribution >= 4 is 11.9 Å². The molecule has 4 nitrogen and oxygen atoms in total. The molecule has 1 aromatic carbocycles. The Labute approximate surface area is 156 Å². The smallest absolute Gasteiger partial charge is 0.218 e. The van der Waals surface area contributed by atoms with Crippen LogP contribution in [-0.4, -0.2) is 49.6 Å². The van der Waals surface area contributed by atoms with Crippen LogP contribution in [0.4, 0.5) is 0 Å². The van der Waals surface area contributed by atoms with Gasteiger partial charge in [-0.2, -0.15) is 0 Å². The van der Waals surface area contributed by atoms with Crippen molar-refractivity contribution in [2.24, 2.45) is 7.05 Å². The van der Waals surface area contributed by atoms with E-state index in [4.69, 9.17) is 0 Å². The second-order valence-corrected chi connectivity index (χ2v) is 7.46. The third kappa shape index (κ3) is 4.51. The third-order valence-corrected chi connectivity index (χ3v) is 5.67. The van der Waals surface area contributed by atoms with Crippen molar-refractivity contribution in [2.75, 3.05) is 39.3 Å². The number of Topliss-reactive ketones (excluding diaryl/α,β-unsaturated/α-hetero) is 1. The molecule has 0 atom stereocenters. The average Bonchev–Trinajstić information content (AvgIpc) is 2.91. The number of ketones is 1. The Morgan fingerprint density at radius 3 is 2.35 bits per heavy atom. The van der Waals surface area contributed by atoms with Crippen LogP contribution in [0.25, 0.3) is 6.08 Å². The van der Waals surface area contributed by atoms with E-state index in [0.29, 0.717) is 6.54 Å². The van der Waals surface area contributed by atoms with Gasteiger partial charge in [-0.1, -0.05) is 36.4 Å². The first-order chi connectivity index (χ1) is 12.5. The minimum absolute atomic E-state index is 0.286. The van der Waals surface area contributed by atoms with Gasteiger partial charge in [0, 0.05) is 24.0 Å². The topological polar surface area (TPSA) is 30.9 Å². The number of aryl methyl sites for hydroxylation is 1. The van der Waals surface area contributed by atoms with E-state index in [1.807, 2.05) is 26.1 Å². The lowest BCUT2D eigenvalue weighted by atomic mass is 10.1. The van der Waals surface area contributed by atoms with Crippen molar-refractivity contribution in [3.8, 4) is 0 Å². The van der Waals surface area contributed by atoms with E-state index in [1.54, 1.807) is 4.90 Å². The Kier molecular flexibility index (Phi) is 6.07. The molecule has 0 amide bonds. The predicted molar refractivity (Wildman–Crippen MR) is 106 cm³/mol. The first-order valence-electron chi connectivity index (χ1n) is 9.59. The SMILES string of the molecule is Cc1cc(C(=O)C[NH+]2CC[NH+](C/C=C/c3ccccc3)CC2)c(C)n1C. The molecule has 0 spiro atoms. The molecule has 1 aromatic heterocycles. The van der Waals surface area contributed by atoms with Gasteiger partial charge in [0.2, 0.25) is 5.78 Å². The van der Waals surface area contributed by atoms with Crippen LogP contribution in [0.2, 0.25) is 0 Å². The van der Waals surface area contributed by atoms with Crippen molar-refractivity contribution in [1.29, 1.82) is 0 Å². The Bertz CT molecular complexity index is 768. The Morgan fingerprint density at radius 2 is 1.73 bits per heavy atom. The molecule has 1 aliphatic rings. The van der Waals surface area contributed by atoms with E-state index in [1.165, 1.54) is 10.5 Å². The second-order valence-electron chi connectivity index (χ2n) is 7.46. The Hall–Kier alpha value is -2.17. The maximum atomic E-state index is 12.7. The highest BCUT2D eigenvalue weighted by atomic mass is 16.1. The highest BCUT2D eigenvalue weighted by Crippen LogP contribution is 2.13. The lowest BCUT2D eigenvalue weighted by Gasteiger charge is -2.28. The van der Waals surface area contributed by atoms with Crippen LogP contribution in [0.1, 0.15) is 27.3 Å². The highest BCUT2D eigenvalue weighted by Gasteiger charge is 2.25. The van der Waals surface area contributed by atoms with Crippen LogP contribution in [0.5, 0.6) is 0 Å². The largest absolute Gasteiger partial charge is 0.351 e. The normalized spacial score (nSPS) is 20.6. The van der Waals surface area contributed by atoms with E-state index in [-0.39, 0.29) is 5.78 Å². The number of hydrogen-bond acceptors (Lipinski definition) is 1. The number of hydrogen-bond donors (Lipinski definition) is 2. The Morgan fingerprint density at radius 1 is 1.08 bits per heavy atom. The summed E-state index contributed by atoms with van der Waals surface area (Å²) in [5.74, 6) is 0.286. The van der Waals surface area contributed by atoms with Crippen molar-refractivity contribution < 1.29 is 14.6 Å². The quantitative estimate of drug-likeness (QED) is 0.720. The van der Waals surface area contributed by atoms with Gasteiger partial charge in [-0.3, -0.25) is 4.79 Å². The van der Waals surface area contributed by atoms with Crippen LogP contribution < -0.4 is 9.80 Å². The van der Waals surface area contributed by atoms with Gasteiger partial charge in [0.15, 0.2) is 0 Å². The summed E-state index contributed by atoms with van der Waals surface area (Å²) in [6.07, 6.45) is 4.48. The number of aromatic nitrogens is 1. The van der Waals surface area contributed by atoms with Crippen LogP contribution in [0.3, 0.4) is 0 Å². The zero-order valence-electron chi connectivity index (χ0n) is 16.2. The summed E-state index contributed by atoms with van der Waals surface area (Å²) in [6.45, 7) is 10.2. The van der Waals surface area contributed by atoms with Crippen LogP contribution in [0, 0.1) is 13.8 Å². The summed E-state index contributed by atoms with van der Waals surface area (Å²) < 4.78 is 2.10. The molecule has 138 valence electrons. The third-order valence-electron chi connectivity index (χ3n) is 5.67. The molecule has 2 aromatic rings. The standard InChI is InChI=1S/C22H29N3O/c1-18-16-21(19(2)23(18)3)22(26)17-25-14-12-24(13-15-25)11-7-10-20-8-5-4-6-9-20/h4-10,16H,11-15,17H2,1-3H3/p+2/b10-7+. The van der Waals surface area contributed by atoms with Gasteiger partial charge in [0.1, 0.15) is 32.7 Å². The molecular formula is C22H31N3O+2. The lowest BCUT2D eigenvalue weighted by Crippen LogP contribution is -3.28. The van der Waals surface area contributed by atoms with E-state index < -0.39 is 0 Å². The molecule has 4 heteroatoms. The molecule has 2 heterocycles. The molecule has 3 rings (SSSR count). The van der Waals surface area contributed by atoms with E-state index >= 15 is 0 Å². The lowest BCUT2D eigenvalue weighted by molar-refractivity contribution is -1.01. The van der Waals surface area contributed by atoms with Gasteiger partial charge >= 0.3 is 0 Å². The summed E-state index contributed by atoms with van der Waals surface area (Å²) >= 11 is 0. The number of carbonyl (C=O) groups is 1. The van der Waals surface area contributed by atoms with Gasteiger partial charge in [-0.25, -0.2) is 0 Å². The predicted octanol–water partition coefficient (Wildman–Crippen LogP) is 0.321. The van der Waals surface area contributed by atoms with E-state index in [9.17, 15) is 4.79 Å². The summed E-state index contributed by atoms with van der Waals surface area (Å²) in [5, 5.41) is 0. The number of nitrogens with one attached hydrogen (secondary N) is 2. The van der Waals surface area contributed by atoms with E-state index in [2.05, 4.69) is 47.9 Å². The fourth-order valence-corrected chi connectivity index (χ4v) is 3.72. The van der Waals surface area contributed by atoms with Crippen molar-refractivity contribution in [3.63, 3.8) is 0 Å². The number of quaternary nitrogens is 2. The van der Waals surface area contributed by atoms with Gasteiger partial charge in [0.25, 0.3) is 0 Å². The monoisotopic (exact) mass is 353 g/mol. The maximum absolute atomic E-state index is 12.7. The van der Waals surface area contributed by atoms with E-state index in [0.717, 1.165) is 49.7 Å². The van der Waals surface area contributed by atoms with Crippen LogP contribution >= 0.6 is 0 Å². The van der Waals surface area contributed by atoms with Gasteiger partial charge in [-0.05, 0) is 31.6 Å². The van der Waals surface area contributed by atoms with Crippen molar-refractivity contribution in [2.45, 2.75) is 13.8 Å². The van der Waals surface area contributed by atoms with Gasteiger partial charge in [-0.15, -0.1) is 0 Å². The molecule has 0 unspecified atom stereocenters. The zero-order chi connectivity index (χ0) is 18.5. The molecule has 1 fully saturated rings. The minimum atomic E-state index is 0.286. The molecule has 1 aliphatic heterocycles. The summed E-state index contributed by atoms with van der Waals surface area (Å²) in [7, 11) is 2.03. The molecule has 0 saturated carbocycles. The number of piperazine rings is 1. The fourth-order valence-electron chi connectivity index (χ4n) is 3.72. The summed E-state index contributed by atoms with van der Waals surface area (Å²) in [6, 6.07) is 12.5. The van der Waals surface area contributed by atoms with Gasteiger partial charge < -0.3 is 14.4 Å². The number of benzene rings is 1. The fraction of sp³-hybridized carbons (Fsp3) is 0.409. The molecule has 1 saturated heterocycles. The second kappa shape index (κ2) is 8.47. The summed E-state index contributed by atoms with van der Waals surface area (Å²) in [5.41, 5.74) is 4.40. The molecule has 0 aliphatic carbocycles. The highest BCUT2D eigenvalue weighted by molar-refractivity contribution is 5.98. The molecule has 0 radical (unpaired) electrons. The maximum Gasteiger partial charge on any atom is 0.218 e. The van der Waals surface area contributed by atoms with Gasteiger partial charge in [0.05, 0.1) is 6.54 Å². The average molecular weight is 354 g/mol. The van der Waals surface area contributed by atoms with Crippen molar-refractivity contribution in [3.05, 3.63) is 65.0 Å². The number of rotatable bonds is 6. The van der Waals surface area contributed by atoms with Crippen molar-refractivity contribution in [1.82, 2.24) is 4.57 Å². The minimum Gasteiger partial charge on any atom is -0.351 e. The van der Waals surface area contributed by atoms with Crippen LogP contribution in [-0.2, 0) is 7.05 Å². The Balaban J connectivity index is 1.45. The number of carbonyl (C=O) groups excluding carboxylic acids is 1.